The zero-order valence-electron chi connectivity index (χ0n) is 11.8. The van der Waals surface area contributed by atoms with E-state index < -0.39 is 0 Å². The van der Waals surface area contributed by atoms with Crippen LogP contribution < -0.4 is 19.9 Å². The fraction of sp³-hybridized carbons (Fsp3) is 0.250. The Morgan fingerprint density at radius 2 is 1.75 bits per heavy atom. The van der Waals surface area contributed by atoms with Crippen LogP contribution in [0.15, 0.2) is 42.5 Å². The summed E-state index contributed by atoms with van der Waals surface area (Å²) in [4.78, 5) is 0. The number of nitrogens with two attached hydrogens (primary N) is 1. The van der Waals surface area contributed by atoms with Gasteiger partial charge in [-0.1, -0.05) is 13.0 Å². The van der Waals surface area contributed by atoms with Gasteiger partial charge in [0.15, 0.2) is 0 Å². The number of ether oxygens (including phenoxy) is 3. The van der Waals surface area contributed by atoms with Gasteiger partial charge in [-0.25, -0.2) is 0 Å². The second kappa shape index (κ2) is 6.70. The molecular weight excluding hydrogens is 254 g/mol. The predicted octanol–water partition coefficient (Wildman–Crippen LogP) is 3.86. The van der Waals surface area contributed by atoms with Crippen molar-refractivity contribution in [1.29, 1.82) is 0 Å². The van der Waals surface area contributed by atoms with Crippen molar-refractivity contribution in [1.82, 2.24) is 0 Å². The Labute approximate surface area is 119 Å². The maximum Gasteiger partial charge on any atom is 0.145 e. The first-order valence-corrected chi connectivity index (χ1v) is 6.57. The first-order chi connectivity index (χ1) is 9.72. The van der Waals surface area contributed by atoms with Gasteiger partial charge in [0.1, 0.15) is 23.0 Å². The highest BCUT2D eigenvalue weighted by atomic mass is 16.5. The second-order valence-electron chi connectivity index (χ2n) is 4.33. The van der Waals surface area contributed by atoms with Gasteiger partial charge in [0.05, 0.1) is 19.4 Å². The highest BCUT2D eigenvalue weighted by Gasteiger charge is 2.05. The zero-order valence-corrected chi connectivity index (χ0v) is 11.8. The molecule has 0 heterocycles. The van der Waals surface area contributed by atoms with Crippen molar-refractivity contribution in [3.8, 4) is 23.0 Å². The zero-order chi connectivity index (χ0) is 14.4. The fourth-order valence-corrected chi connectivity index (χ4v) is 1.72. The Balaban J connectivity index is 2.16. The van der Waals surface area contributed by atoms with Crippen LogP contribution in [0.4, 0.5) is 5.69 Å². The first-order valence-electron chi connectivity index (χ1n) is 6.57. The predicted molar refractivity (Wildman–Crippen MR) is 79.7 cm³/mol. The summed E-state index contributed by atoms with van der Waals surface area (Å²) in [5.41, 5.74) is 6.48. The van der Waals surface area contributed by atoms with Crippen molar-refractivity contribution >= 4 is 5.69 Å². The number of rotatable bonds is 6. The lowest BCUT2D eigenvalue weighted by molar-refractivity contribution is 0.317. The molecule has 0 fully saturated rings. The summed E-state index contributed by atoms with van der Waals surface area (Å²) in [6.07, 6.45) is 0.931. The standard InChI is InChI=1S/C16H19NO3/c1-3-9-19-16-11-14(7-8-15(16)17)20-13-6-4-5-12(10-13)18-2/h4-8,10-11H,3,9,17H2,1-2H3. The molecule has 0 saturated carbocycles. The number of anilines is 1. The van der Waals surface area contributed by atoms with Crippen LogP contribution in [-0.4, -0.2) is 13.7 Å². The van der Waals surface area contributed by atoms with Gasteiger partial charge in [-0.05, 0) is 30.7 Å². The van der Waals surface area contributed by atoms with Crippen LogP contribution in [0.3, 0.4) is 0 Å². The van der Waals surface area contributed by atoms with E-state index in [0.29, 0.717) is 29.5 Å². The molecule has 0 bridgehead atoms. The molecule has 2 aromatic carbocycles. The second-order valence-corrected chi connectivity index (χ2v) is 4.33. The minimum Gasteiger partial charge on any atom is -0.497 e. The van der Waals surface area contributed by atoms with Gasteiger partial charge in [-0.15, -0.1) is 0 Å². The Morgan fingerprint density at radius 3 is 2.50 bits per heavy atom. The molecular formula is C16H19NO3. The third kappa shape index (κ3) is 3.57. The van der Waals surface area contributed by atoms with E-state index in [2.05, 4.69) is 0 Å². The van der Waals surface area contributed by atoms with Crippen LogP contribution in [0.5, 0.6) is 23.0 Å². The normalized spacial score (nSPS) is 10.1. The average molecular weight is 273 g/mol. The summed E-state index contributed by atoms with van der Waals surface area (Å²) in [5, 5.41) is 0. The Morgan fingerprint density at radius 1 is 1.00 bits per heavy atom. The molecule has 4 nitrogen and oxygen atoms in total. The Kier molecular flexibility index (Phi) is 4.71. The van der Waals surface area contributed by atoms with Crippen molar-refractivity contribution in [2.24, 2.45) is 0 Å². The minimum absolute atomic E-state index is 0.608. The Bertz CT molecular complexity index is 569. The van der Waals surface area contributed by atoms with Crippen molar-refractivity contribution in [3.05, 3.63) is 42.5 Å². The van der Waals surface area contributed by atoms with Crippen molar-refractivity contribution in [2.45, 2.75) is 13.3 Å². The van der Waals surface area contributed by atoms with E-state index >= 15 is 0 Å². The number of hydrogen-bond donors (Lipinski definition) is 1. The van der Waals surface area contributed by atoms with Gasteiger partial charge in [-0.2, -0.15) is 0 Å². The fourth-order valence-electron chi connectivity index (χ4n) is 1.72. The largest absolute Gasteiger partial charge is 0.497 e. The topological polar surface area (TPSA) is 53.7 Å². The van der Waals surface area contributed by atoms with E-state index in [4.69, 9.17) is 19.9 Å². The molecule has 0 aliphatic heterocycles. The smallest absolute Gasteiger partial charge is 0.145 e. The number of benzene rings is 2. The number of nitrogen functional groups attached to an aromatic ring is 1. The molecule has 0 aliphatic carbocycles. The molecule has 0 radical (unpaired) electrons. The van der Waals surface area contributed by atoms with Crippen LogP contribution >= 0.6 is 0 Å². The molecule has 106 valence electrons. The molecule has 2 N–H and O–H groups in total. The number of methoxy groups -OCH3 is 1. The molecule has 0 amide bonds. The molecule has 0 aromatic heterocycles. The lowest BCUT2D eigenvalue weighted by atomic mass is 10.2. The van der Waals surface area contributed by atoms with Crippen LogP contribution in [0, 0.1) is 0 Å². The third-order valence-electron chi connectivity index (χ3n) is 2.72. The van der Waals surface area contributed by atoms with E-state index in [-0.39, 0.29) is 0 Å². The molecule has 0 unspecified atom stereocenters. The SMILES string of the molecule is CCCOc1cc(Oc2cccc(OC)c2)ccc1N. The molecule has 0 atom stereocenters. The molecule has 0 aliphatic rings. The van der Waals surface area contributed by atoms with Crippen LogP contribution in [-0.2, 0) is 0 Å². The van der Waals surface area contributed by atoms with E-state index in [0.717, 1.165) is 12.2 Å². The monoisotopic (exact) mass is 273 g/mol. The van der Waals surface area contributed by atoms with E-state index in [1.807, 2.05) is 37.3 Å². The lowest BCUT2D eigenvalue weighted by Gasteiger charge is -2.11. The van der Waals surface area contributed by atoms with E-state index in [1.165, 1.54) is 0 Å². The first kappa shape index (κ1) is 14.1. The highest BCUT2D eigenvalue weighted by Crippen LogP contribution is 2.31. The molecule has 0 saturated heterocycles. The summed E-state index contributed by atoms with van der Waals surface area (Å²) >= 11 is 0. The lowest BCUT2D eigenvalue weighted by Crippen LogP contribution is -1.99. The molecule has 0 spiro atoms. The molecule has 4 heteroatoms. The molecule has 2 aromatic rings. The Hall–Kier alpha value is -2.36. The van der Waals surface area contributed by atoms with Gasteiger partial charge >= 0.3 is 0 Å². The molecule has 20 heavy (non-hydrogen) atoms. The highest BCUT2D eigenvalue weighted by molar-refractivity contribution is 5.56. The van der Waals surface area contributed by atoms with Crippen LogP contribution in [0.1, 0.15) is 13.3 Å². The van der Waals surface area contributed by atoms with Crippen molar-refractivity contribution in [3.63, 3.8) is 0 Å². The van der Waals surface area contributed by atoms with Gasteiger partial charge < -0.3 is 19.9 Å². The summed E-state index contributed by atoms with van der Waals surface area (Å²) < 4.78 is 16.5. The summed E-state index contributed by atoms with van der Waals surface area (Å²) in [7, 11) is 1.62. The summed E-state index contributed by atoms with van der Waals surface area (Å²) in [6.45, 7) is 2.68. The minimum atomic E-state index is 0.608. The average Bonchev–Trinajstić information content (AvgIpc) is 2.48. The molecule has 2 rings (SSSR count). The summed E-state index contributed by atoms with van der Waals surface area (Å²) in [6, 6.07) is 12.8. The number of hydrogen-bond acceptors (Lipinski definition) is 4. The third-order valence-corrected chi connectivity index (χ3v) is 2.72. The van der Waals surface area contributed by atoms with Crippen molar-refractivity contribution < 1.29 is 14.2 Å². The van der Waals surface area contributed by atoms with Gasteiger partial charge in [0.25, 0.3) is 0 Å². The van der Waals surface area contributed by atoms with E-state index in [1.54, 1.807) is 19.2 Å². The maximum absolute atomic E-state index is 5.87. The van der Waals surface area contributed by atoms with Crippen LogP contribution in [0.25, 0.3) is 0 Å². The van der Waals surface area contributed by atoms with Crippen LogP contribution in [0.2, 0.25) is 0 Å². The quantitative estimate of drug-likeness (QED) is 0.812. The van der Waals surface area contributed by atoms with Gasteiger partial charge in [-0.3, -0.25) is 0 Å². The summed E-state index contributed by atoms with van der Waals surface area (Å²) in [5.74, 6) is 2.78. The van der Waals surface area contributed by atoms with Gasteiger partial charge in [0, 0.05) is 12.1 Å². The van der Waals surface area contributed by atoms with E-state index in [9.17, 15) is 0 Å². The van der Waals surface area contributed by atoms with Gasteiger partial charge in [0.2, 0.25) is 0 Å². The van der Waals surface area contributed by atoms with Crippen molar-refractivity contribution in [2.75, 3.05) is 19.5 Å². The maximum atomic E-state index is 5.87.